The molecule has 3 amide bonds. The van der Waals surface area contributed by atoms with Gasteiger partial charge in [0.2, 0.25) is 0 Å². The van der Waals surface area contributed by atoms with E-state index in [9.17, 15) is 9.59 Å². The number of ether oxygens (including phenoxy) is 2. The number of likely N-dealkylation sites (N-methyl/N-ethyl adjacent to an activating group) is 1. The first-order valence-corrected chi connectivity index (χ1v) is 8.65. The van der Waals surface area contributed by atoms with Gasteiger partial charge in [-0.1, -0.05) is 0 Å². The molecule has 0 aliphatic rings. The third-order valence-electron chi connectivity index (χ3n) is 4.17. The molecule has 2 atom stereocenters. The Morgan fingerprint density at radius 3 is 2.19 bits per heavy atom. The van der Waals surface area contributed by atoms with Crippen LogP contribution in [-0.2, 0) is 11.3 Å². The lowest BCUT2D eigenvalue weighted by atomic mass is 10.1. The number of carbonyl (C=O) groups is 2. The predicted octanol–water partition coefficient (Wildman–Crippen LogP) is 1.04. The zero-order chi connectivity index (χ0) is 20.1. The number of carbonyl (C=O) groups excluding carboxylic acids is 2. The molecule has 1 aromatic rings. The van der Waals surface area contributed by atoms with Gasteiger partial charge in [0.1, 0.15) is 6.54 Å². The lowest BCUT2D eigenvalue weighted by Crippen LogP contribution is -3.12. The van der Waals surface area contributed by atoms with E-state index in [4.69, 9.17) is 9.47 Å². The molecule has 0 aromatic heterocycles. The van der Waals surface area contributed by atoms with E-state index < -0.39 is 17.6 Å². The molecule has 0 fully saturated rings. The number of imide groups is 1. The van der Waals surface area contributed by atoms with Crippen LogP contribution < -0.4 is 25.0 Å². The summed E-state index contributed by atoms with van der Waals surface area (Å²) in [6.45, 7) is 9.98. The molecular formula is C19H32N3O4+. The lowest BCUT2D eigenvalue weighted by Gasteiger charge is -2.24. The lowest BCUT2D eigenvalue weighted by molar-refractivity contribution is -0.908. The second-order valence-electron chi connectivity index (χ2n) is 7.57. The van der Waals surface area contributed by atoms with Crippen LogP contribution in [0.2, 0.25) is 0 Å². The summed E-state index contributed by atoms with van der Waals surface area (Å²) in [5, 5.41) is 5.12. The fraction of sp³-hybridized carbons (Fsp3) is 0.579. The third-order valence-corrected chi connectivity index (χ3v) is 4.17. The molecule has 0 aliphatic carbocycles. The van der Waals surface area contributed by atoms with Gasteiger partial charge in [0, 0.05) is 11.1 Å². The number of urea groups is 1. The third kappa shape index (κ3) is 6.22. The fourth-order valence-corrected chi connectivity index (χ4v) is 2.48. The van der Waals surface area contributed by atoms with E-state index in [1.165, 1.54) is 0 Å². The molecule has 26 heavy (non-hydrogen) atoms. The van der Waals surface area contributed by atoms with E-state index in [0.717, 1.165) is 16.0 Å². The Bertz CT molecular complexity index is 653. The molecule has 3 N–H and O–H groups in total. The molecule has 1 rings (SSSR count). The Kier molecular flexibility index (Phi) is 7.44. The molecular weight excluding hydrogens is 334 g/mol. The summed E-state index contributed by atoms with van der Waals surface area (Å²) in [7, 11) is 5.11. The van der Waals surface area contributed by atoms with Crippen LogP contribution >= 0.6 is 0 Å². The maximum Gasteiger partial charge on any atom is 0.322 e. The highest BCUT2D eigenvalue weighted by molar-refractivity contribution is 5.96. The van der Waals surface area contributed by atoms with Crippen molar-refractivity contribution in [2.24, 2.45) is 0 Å². The highest BCUT2D eigenvalue weighted by atomic mass is 16.5. The topological polar surface area (TPSA) is 81.1 Å². The van der Waals surface area contributed by atoms with Crippen LogP contribution in [0.1, 0.15) is 38.8 Å². The second-order valence-corrected chi connectivity index (χ2v) is 7.57. The minimum Gasteiger partial charge on any atom is -0.493 e. The summed E-state index contributed by atoms with van der Waals surface area (Å²) < 4.78 is 10.7. The Morgan fingerprint density at radius 2 is 1.69 bits per heavy atom. The molecule has 1 unspecified atom stereocenters. The van der Waals surface area contributed by atoms with Crippen molar-refractivity contribution in [2.45, 2.75) is 52.7 Å². The molecule has 0 saturated heterocycles. The van der Waals surface area contributed by atoms with Crippen LogP contribution in [0.4, 0.5) is 4.79 Å². The van der Waals surface area contributed by atoms with Crippen LogP contribution in [0.3, 0.4) is 0 Å². The van der Waals surface area contributed by atoms with Crippen molar-refractivity contribution in [3.05, 3.63) is 23.3 Å². The minimum absolute atomic E-state index is 0.317. The van der Waals surface area contributed by atoms with E-state index in [2.05, 4.69) is 10.6 Å². The number of hydrogen-bond acceptors (Lipinski definition) is 4. The first kappa shape index (κ1) is 21.8. The molecule has 0 heterocycles. The summed E-state index contributed by atoms with van der Waals surface area (Å²) in [6.07, 6.45) is 0. The molecule has 0 bridgehead atoms. The van der Waals surface area contributed by atoms with E-state index in [1.54, 1.807) is 21.1 Å². The van der Waals surface area contributed by atoms with Crippen molar-refractivity contribution in [3.8, 4) is 11.5 Å². The zero-order valence-corrected chi connectivity index (χ0v) is 17.1. The van der Waals surface area contributed by atoms with Crippen molar-refractivity contribution >= 4 is 11.9 Å². The highest BCUT2D eigenvalue weighted by Crippen LogP contribution is 2.29. The van der Waals surface area contributed by atoms with Crippen molar-refractivity contribution < 1.29 is 24.0 Å². The fourth-order valence-electron chi connectivity index (χ4n) is 2.48. The van der Waals surface area contributed by atoms with Gasteiger partial charge < -0.3 is 19.7 Å². The van der Waals surface area contributed by atoms with Crippen molar-refractivity contribution in [1.82, 2.24) is 10.6 Å². The van der Waals surface area contributed by atoms with Crippen LogP contribution in [0.15, 0.2) is 12.1 Å². The van der Waals surface area contributed by atoms with E-state index in [1.807, 2.05) is 46.9 Å². The SMILES string of the molecule is COc1cc(C)c(C[NH+](C)[C@@H](C)C(=O)NC(=O)NC(C)(C)C)cc1OC. The van der Waals surface area contributed by atoms with Crippen LogP contribution in [0.5, 0.6) is 11.5 Å². The van der Waals surface area contributed by atoms with Crippen molar-refractivity contribution in [2.75, 3.05) is 21.3 Å². The zero-order valence-electron chi connectivity index (χ0n) is 17.1. The van der Waals surface area contributed by atoms with Crippen molar-refractivity contribution in [3.63, 3.8) is 0 Å². The summed E-state index contributed by atoms with van der Waals surface area (Å²) in [6, 6.07) is 2.97. The number of nitrogens with one attached hydrogen (secondary N) is 3. The minimum atomic E-state index is -0.482. The molecule has 0 radical (unpaired) electrons. The number of hydrogen-bond donors (Lipinski definition) is 3. The highest BCUT2D eigenvalue weighted by Gasteiger charge is 2.25. The Balaban J connectivity index is 2.79. The smallest absolute Gasteiger partial charge is 0.322 e. The predicted molar refractivity (Wildman–Crippen MR) is 101 cm³/mol. The first-order chi connectivity index (χ1) is 12.0. The van der Waals surface area contributed by atoms with Crippen LogP contribution in [-0.4, -0.2) is 44.8 Å². The normalized spacial score (nSPS) is 13.5. The monoisotopic (exact) mass is 366 g/mol. The summed E-state index contributed by atoms with van der Waals surface area (Å²) in [4.78, 5) is 25.2. The quantitative estimate of drug-likeness (QED) is 0.703. The summed E-state index contributed by atoms with van der Waals surface area (Å²) in [5.74, 6) is 1.01. The van der Waals surface area contributed by atoms with Crippen LogP contribution in [0, 0.1) is 6.92 Å². The van der Waals surface area contributed by atoms with Gasteiger partial charge >= 0.3 is 6.03 Å². The number of aryl methyl sites for hydroxylation is 1. The molecule has 0 saturated carbocycles. The molecule has 146 valence electrons. The van der Waals surface area contributed by atoms with Gasteiger partial charge in [0.15, 0.2) is 17.5 Å². The van der Waals surface area contributed by atoms with Crippen LogP contribution in [0.25, 0.3) is 0 Å². The number of methoxy groups -OCH3 is 2. The van der Waals surface area contributed by atoms with Gasteiger partial charge in [-0.2, -0.15) is 0 Å². The second kappa shape index (κ2) is 8.89. The van der Waals surface area contributed by atoms with E-state index in [0.29, 0.717) is 18.0 Å². The van der Waals surface area contributed by atoms with E-state index in [-0.39, 0.29) is 5.91 Å². The maximum atomic E-state index is 12.3. The maximum absolute atomic E-state index is 12.3. The average Bonchev–Trinajstić information content (AvgIpc) is 2.53. The van der Waals surface area contributed by atoms with Gasteiger partial charge in [0.05, 0.1) is 21.3 Å². The van der Waals surface area contributed by atoms with Gasteiger partial charge in [0.25, 0.3) is 5.91 Å². The van der Waals surface area contributed by atoms with Gasteiger partial charge in [-0.05, 0) is 52.3 Å². The van der Waals surface area contributed by atoms with Gasteiger partial charge in [-0.3, -0.25) is 10.1 Å². The Morgan fingerprint density at radius 1 is 1.15 bits per heavy atom. The first-order valence-electron chi connectivity index (χ1n) is 8.65. The largest absolute Gasteiger partial charge is 0.493 e. The number of quaternary nitrogens is 1. The number of benzene rings is 1. The molecule has 0 spiro atoms. The number of rotatable bonds is 6. The number of amides is 3. The molecule has 7 heteroatoms. The van der Waals surface area contributed by atoms with Gasteiger partial charge in [-0.25, -0.2) is 4.79 Å². The van der Waals surface area contributed by atoms with Gasteiger partial charge in [-0.15, -0.1) is 0 Å². The Labute approximate surface area is 156 Å². The van der Waals surface area contributed by atoms with E-state index >= 15 is 0 Å². The summed E-state index contributed by atoms with van der Waals surface area (Å²) >= 11 is 0. The Hall–Kier alpha value is -2.28. The summed E-state index contributed by atoms with van der Waals surface area (Å²) in [5.41, 5.74) is 1.71. The van der Waals surface area contributed by atoms with Crippen molar-refractivity contribution in [1.29, 1.82) is 0 Å². The molecule has 1 aromatic carbocycles. The average molecular weight is 366 g/mol. The standard InChI is InChI=1S/C19H31N3O4/c1-12-9-15(25-7)16(26-8)10-14(12)11-22(6)13(2)17(23)20-18(24)21-19(3,4)5/h9-10,13H,11H2,1-8H3,(H2,20,21,23,24)/p+1/t13-/m0/s1. The molecule has 0 aliphatic heterocycles. The molecule has 7 nitrogen and oxygen atoms in total.